The van der Waals surface area contributed by atoms with Crippen LogP contribution in [0, 0.1) is 3.57 Å². The Morgan fingerprint density at radius 1 is 1.57 bits per heavy atom. The van der Waals surface area contributed by atoms with Crippen molar-refractivity contribution in [2.24, 2.45) is 0 Å². The zero-order valence-corrected chi connectivity index (χ0v) is 10.7. The lowest BCUT2D eigenvalue weighted by Gasteiger charge is -2.18. The third kappa shape index (κ3) is 3.38. The Kier molecular flexibility index (Phi) is 5.10. The summed E-state index contributed by atoms with van der Waals surface area (Å²) in [6, 6.07) is 0. The molecule has 0 aliphatic rings. The number of anilines is 1. The van der Waals surface area contributed by atoms with E-state index in [9.17, 15) is 0 Å². The Bertz CT molecular complexity index is 279. The van der Waals surface area contributed by atoms with Gasteiger partial charge in [-0.1, -0.05) is 0 Å². The van der Waals surface area contributed by atoms with Gasteiger partial charge in [0.05, 0.1) is 3.57 Å². The minimum Gasteiger partial charge on any atom is -0.359 e. The van der Waals surface area contributed by atoms with E-state index in [1.54, 1.807) is 6.33 Å². The van der Waals surface area contributed by atoms with E-state index in [-0.39, 0.29) is 0 Å². The van der Waals surface area contributed by atoms with E-state index in [1.165, 1.54) is 0 Å². The fourth-order valence-corrected chi connectivity index (χ4v) is 1.90. The van der Waals surface area contributed by atoms with Crippen molar-refractivity contribution in [3.63, 3.8) is 0 Å². The zero-order valence-electron chi connectivity index (χ0n) is 8.50. The maximum Gasteiger partial charge on any atom is 0.145 e. The molecule has 0 atom stereocenters. The number of nitrogens with zero attached hydrogens (tertiary/aromatic N) is 3. The van der Waals surface area contributed by atoms with Gasteiger partial charge in [-0.25, -0.2) is 9.97 Å². The zero-order chi connectivity index (χ0) is 10.4. The molecule has 0 aliphatic carbocycles. The van der Waals surface area contributed by atoms with Gasteiger partial charge in [-0.05, 0) is 42.6 Å². The number of rotatable bonds is 5. The Morgan fingerprint density at radius 3 is 3.00 bits per heavy atom. The van der Waals surface area contributed by atoms with Gasteiger partial charge in [0.1, 0.15) is 12.1 Å². The van der Waals surface area contributed by atoms with Gasteiger partial charge in [-0.2, -0.15) is 0 Å². The first-order valence-electron chi connectivity index (χ1n) is 4.57. The molecule has 0 fully saturated rings. The topological polar surface area (TPSA) is 41.0 Å². The smallest absolute Gasteiger partial charge is 0.145 e. The molecule has 0 aromatic carbocycles. The van der Waals surface area contributed by atoms with E-state index in [4.69, 9.17) is 0 Å². The molecule has 0 bridgehead atoms. The fraction of sp³-hybridized carbons (Fsp3) is 0.556. The molecule has 14 heavy (non-hydrogen) atoms. The summed E-state index contributed by atoms with van der Waals surface area (Å²) < 4.78 is 1.09. The van der Waals surface area contributed by atoms with E-state index in [2.05, 4.69) is 49.8 Å². The minimum absolute atomic E-state index is 1.01. The third-order valence-electron chi connectivity index (χ3n) is 1.93. The molecular formula is C9H15IN4. The minimum atomic E-state index is 1.01. The van der Waals surface area contributed by atoms with Crippen LogP contribution >= 0.6 is 22.6 Å². The summed E-state index contributed by atoms with van der Waals surface area (Å²) in [7, 11) is 4.02. The van der Waals surface area contributed by atoms with Crippen LogP contribution in [0.25, 0.3) is 0 Å². The molecular weight excluding hydrogens is 291 g/mol. The lowest BCUT2D eigenvalue weighted by atomic mass is 10.4. The maximum atomic E-state index is 4.24. The molecule has 1 heterocycles. The largest absolute Gasteiger partial charge is 0.359 e. The third-order valence-corrected chi connectivity index (χ3v) is 2.69. The highest BCUT2D eigenvalue weighted by molar-refractivity contribution is 14.1. The predicted molar refractivity (Wildman–Crippen MR) is 66.6 cm³/mol. The standard InChI is InChI=1S/C9H15IN4/c1-11-4-3-5-14(2)9-8(10)6-12-7-13-9/h6-7,11H,3-5H2,1-2H3. The summed E-state index contributed by atoms with van der Waals surface area (Å²) in [6.07, 6.45) is 4.54. The van der Waals surface area contributed by atoms with Gasteiger partial charge in [-0.3, -0.25) is 0 Å². The molecule has 0 amide bonds. The van der Waals surface area contributed by atoms with Crippen LogP contribution in [0.3, 0.4) is 0 Å². The van der Waals surface area contributed by atoms with Crippen molar-refractivity contribution in [2.45, 2.75) is 6.42 Å². The Balaban J connectivity index is 2.51. The number of nitrogens with one attached hydrogen (secondary N) is 1. The molecule has 0 spiro atoms. The van der Waals surface area contributed by atoms with Crippen molar-refractivity contribution in [1.82, 2.24) is 15.3 Å². The average molecular weight is 306 g/mol. The highest BCUT2D eigenvalue weighted by Gasteiger charge is 2.05. The van der Waals surface area contributed by atoms with Crippen molar-refractivity contribution in [3.05, 3.63) is 16.1 Å². The molecule has 0 aliphatic heterocycles. The van der Waals surface area contributed by atoms with Crippen molar-refractivity contribution in [2.75, 3.05) is 32.1 Å². The molecule has 4 nitrogen and oxygen atoms in total. The van der Waals surface area contributed by atoms with Crippen molar-refractivity contribution in [3.8, 4) is 0 Å². The Labute approximate surface area is 98.3 Å². The quantitative estimate of drug-likeness (QED) is 0.654. The van der Waals surface area contributed by atoms with Crippen LogP contribution in [0.4, 0.5) is 5.82 Å². The van der Waals surface area contributed by atoms with Gasteiger partial charge < -0.3 is 10.2 Å². The molecule has 1 N–H and O–H groups in total. The van der Waals surface area contributed by atoms with Gasteiger partial charge in [0.25, 0.3) is 0 Å². The number of aromatic nitrogens is 2. The van der Waals surface area contributed by atoms with E-state index in [1.807, 2.05) is 13.2 Å². The lowest BCUT2D eigenvalue weighted by Crippen LogP contribution is -2.23. The number of halogens is 1. The SMILES string of the molecule is CNCCCN(C)c1ncncc1I. The molecule has 1 aromatic rings. The van der Waals surface area contributed by atoms with Gasteiger partial charge in [-0.15, -0.1) is 0 Å². The number of hydrogen-bond acceptors (Lipinski definition) is 4. The lowest BCUT2D eigenvalue weighted by molar-refractivity contribution is 0.708. The van der Waals surface area contributed by atoms with Crippen molar-refractivity contribution in [1.29, 1.82) is 0 Å². The van der Waals surface area contributed by atoms with Crippen LogP contribution in [0.15, 0.2) is 12.5 Å². The van der Waals surface area contributed by atoms with Crippen LogP contribution in [-0.2, 0) is 0 Å². The molecule has 0 saturated carbocycles. The second kappa shape index (κ2) is 6.13. The first kappa shape index (κ1) is 11.6. The average Bonchev–Trinajstić information content (AvgIpc) is 2.18. The number of hydrogen-bond donors (Lipinski definition) is 1. The summed E-state index contributed by atoms with van der Waals surface area (Å²) in [5, 5.41) is 3.13. The monoisotopic (exact) mass is 306 g/mol. The summed E-state index contributed by atoms with van der Waals surface area (Å²) in [4.78, 5) is 10.4. The van der Waals surface area contributed by atoms with Crippen LogP contribution < -0.4 is 10.2 Å². The second-order valence-electron chi connectivity index (χ2n) is 3.07. The van der Waals surface area contributed by atoms with Gasteiger partial charge in [0.2, 0.25) is 0 Å². The summed E-state index contributed by atoms with van der Waals surface area (Å²) in [5.41, 5.74) is 0. The Morgan fingerprint density at radius 2 is 2.36 bits per heavy atom. The van der Waals surface area contributed by atoms with E-state index < -0.39 is 0 Å². The first-order valence-corrected chi connectivity index (χ1v) is 5.65. The van der Waals surface area contributed by atoms with E-state index in [0.29, 0.717) is 0 Å². The molecule has 0 saturated heterocycles. The van der Waals surface area contributed by atoms with Crippen LogP contribution in [0.1, 0.15) is 6.42 Å². The molecule has 1 rings (SSSR count). The second-order valence-corrected chi connectivity index (χ2v) is 4.24. The molecule has 0 radical (unpaired) electrons. The first-order chi connectivity index (χ1) is 6.75. The fourth-order valence-electron chi connectivity index (χ4n) is 1.19. The molecule has 1 aromatic heterocycles. The van der Waals surface area contributed by atoms with Gasteiger partial charge >= 0.3 is 0 Å². The van der Waals surface area contributed by atoms with Crippen molar-refractivity contribution >= 4 is 28.4 Å². The van der Waals surface area contributed by atoms with Crippen LogP contribution in [-0.4, -0.2) is 37.2 Å². The molecule has 5 heteroatoms. The summed E-state index contributed by atoms with van der Waals surface area (Å²) >= 11 is 2.25. The normalized spacial score (nSPS) is 10.2. The van der Waals surface area contributed by atoms with Crippen molar-refractivity contribution < 1.29 is 0 Å². The highest BCUT2D eigenvalue weighted by atomic mass is 127. The summed E-state index contributed by atoms with van der Waals surface area (Å²) in [6.45, 7) is 2.04. The predicted octanol–water partition coefficient (Wildman–Crippen LogP) is 1.13. The molecule has 78 valence electrons. The van der Waals surface area contributed by atoms with Crippen LogP contribution in [0.2, 0.25) is 0 Å². The summed E-state index contributed by atoms with van der Waals surface area (Å²) in [5.74, 6) is 1.01. The van der Waals surface area contributed by atoms with Gasteiger partial charge in [0, 0.05) is 19.8 Å². The maximum absolute atomic E-state index is 4.24. The Hall–Kier alpha value is -0.430. The van der Waals surface area contributed by atoms with Gasteiger partial charge in [0.15, 0.2) is 0 Å². The van der Waals surface area contributed by atoms with Crippen LogP contribution in [0.5, 0.6) is 0 Å². The van der Waals surface area contributed by atoms with E-state index in [0.717, 1.165) is 28.9 Å². The highest BCUT2D eigenvalue weighted by Crippen LogP contribution is 2.16. The van der Waals surface area contributed by atoms with E-state index >= 15 is 0 Å². The molecule has 0 unspecified atom stereocenters.